The number of hydrogen-bond acceptors (Lipinski definition) is 2. The van der Waals surface area contributed by atoms with Gasteiger partial charge in [-0.05, 0) is 70.1 Å². The van der Waals surface area contributed by atoms with Crippen LogP contribution in [-0.2, 0) is 6.54 Å². The summed E-state index contributed by atoms with van der Waals surface area (Å²) in [4.78, 5) is 4.39. The average molecular weight is 492 g/mol. The van der Waals surface area contributed by atoms with Gasteiger partial charge in [-0.2, -0.15) is 0 Å². The predicted octanol–water partition coefficient (Wildman–Crippen LogP) is 4.47. The molecule has 0 saturated carbocycles. The maximum Gasteiger partial charge on any atom is 0.105 e. The molecule has 1 N–H and O–H groups in total. The number of aliphatic hydroxyl groups is 1. The SMILES string of the molecule is OCCCn1cnc2c(Br)c(Br)c(Br)c(Br)c21. The highest BCUT2D eigenvalue weighted by molar-refractivity contribution is 9.15. The molecule has 1 aromatic heterocycles. The Morgan fingerprint density at radius 2 is 1.71 bits per heavy atom. The minimum atomic E-state index is 0.177. The van der Waals surface area contributed by atoms with E-state index in [2.05, 4.69) is 68.7 Å². The molecular formula is C10H8Br4N2O. The van der Waals surface area contributed by atoms with Gasteiger partial charge in [0.1, 0.15) is 5.52 Å². The number of aliphatic hydroxyl groups excluding tert-OH is 1. The topological polar surface area (TPSA) is 38.0 Å². The van der Waals surface area contributed by atoms with Gasteiger partial charge in [-0.1, -0.05) is 0 Å². The highest BCUT2D eigenvalue weighted by Crippen LogP contribution is 2.42. The lowest BCUT2D eigenvalue weighted by Crippen LogP contribution is -1.99. The lowest BCUT2D eigenvalue weighted by atomic mass is 10.3. The van der Waals surface area contributed by atoms with Gasteiger partial charge in [0.05, 0.1) is 20.8 Å². The molecule has 1 heterocycles. The van der Waals surface area contributed by atoms with Crippen LogP contribution in [-0.4, -0.2) is 21.3 Å². The number of aromatic nitrogens is 2. The van der Waals surface area contributed by atoms with Crippen molar-refractivity contribution in [2.45, 2.75) is 13.0 Å². The standard InChI is InChI=1S/C10H8Br4N2O/c11-5-6(12)8(14)10-9(7(5)13)15-4-16(10)2-1-3-17/h4,17H,1-3H2. The number of nitrogens with zero attached hydrogens (tertiary/aromatic N) is 2. The Kier molecular flexibility index (Phi) is 4.68. The summed E-state index contributed by atoms with van der Waals surface area (Å²) in [5.74, 6) is 0. The Bertz CT molecular complexity index is 567. The van der Waals surface area contributed by atoms with Gasteiger partial charge in [-0.3, -0.25) is 0 Å². The molecule has 1 aromatic carbocycles. The van der Waals surface area contributed by atoms with Gasteiger partial charge in [-0.15, -0.1) is 0 Å². The van der Waals surface area contributed by atoms with Crippen LogP contribution >= 0.6 is 63.7 Å². The summed E-state index contributed by atoms with van der Waals surface area (Å²) >= 11 is 14.1. The monoisotopic (exact) mass is 488 g/mol. The summed E-state index contributed by atoms with van der Waals surface area (Å²) in [6.45, 7) is 0.919. The molecule has 0 unspecified atom stereocenters. The van der Waals surface area contributed by atoms with Crippen LogP contribution in [0, 0.1) is 0 Å². The Labute approximate surface area is 132 Å². The first-order chi connectivity index (χ1) is 8.07. The van der Waals surface area contributed by atoms with E-state index in [0.29, 0.717) is 6.42 Å². The number of halogens is 4. The maximum atomic E-state index is 8.89. The van der Waals surface area contributed by atoms with E-state index in [1.54, 1.807) is 6.33 Å². The van der Waals surface area contributed by atoms with Crippen LogP contribution in [0.15, 0.2) is 24.2 Å². The van der Waals surface area contributed by atoms with Crippen LogP contribution in [0.25, 0.3) is 11.0 Å². The van der Waals surface area contributed by atoms with E-state index >= 15 is 0 Å². The third-order valence-corrected chi connectivity index (χ3v) is 7.12. The Hall–Kier alpha value is 0.570. The molecule has 17 heavy (non-hydrogen) atoms. The highest BCUT2D eigenvalue weighted by Gasteiger charge is 2.17. The lowest BCUT2D eigenvalue weighted by Gasteiger charge is -2.08. The van der Waals surface area contributed by atoms with Gasteiger partial charge in [0.25, 0.3) is 0 Å². The van der Waals surface area contributed by atoms with Crippen molar-refractivity contribution in [3.05, 3.63) is 24.2 Å². The summed E-state index contributed by atoms with van der Waals surface area (Å²) in [7, 11) is 0. The molecule has 0 spiro atoms. The van der Waals surface area contributed by atoms with Gasteiger partial charge in [0.2, 0.25) is 0 Å². The number of hydrogen-bond donors (Lipinski definition) is 1. The summed E-state index contributed by atoms with van der Waals surface area (Å²) in [6, 6.07) is 0. The van der Waals surface area contributed by atoms with E-state index in [1.807, 2.05) is 4.57 Å². The second-order valence-corrected chi connectivity index (χ2v) is 6.64. The van der Waals surface area contributed by atoms with Crippen molar-refractivity contribution in [1.82, 2.24) is 9.55 Å². The molecule has 0 fully saturated rings. The normalized spacial score (nSPS) is 11.4. The van der Waals surface area contributed by atoms with Crippen molar-refractivity contribution in [3.63, 3.8) is 0 Å². The molecule has 0 amide bonds. The molecule has 0 aliphatic heterocycles. The third kappa shape index (κ3) is 2.49. The maximum absolute atomic E-state index is 8.89. The predicted molar refractivity (Wildman–Crippen MR) is 82.2 cm³/mol. The van der Waals surface area contributed by atoms with Crippen molar-refractivity contribution in [2.24, 2.45) is 0 Å². The van der Waals surface area contributed by atoms with E-state index in [-0.39, 0.29) is 6.61 Å². The molecule has 7 heteroatoms. The molecule has 3 nitrogen and oxygen atoms in total. The van der Waals surface area contributed by atoms with Crippen molar-refractivity contribution >= 4 is 74.8 Å². The van der Waals surface area contributed by atoms with Crippen LogP contribution < -0.4 is 0 Å². The van der Waals surface area contributed by atoms with Gasteiger partial charge in [-0.25, -0.2) is 4.98 Å². The zero-order valence-corrected chi connectivity index (χ0v) is 14.9. The molecule has 0 saturated heterocycles. The van der Waals surface area contributed by atoms with E-state index < -0.39 is 0 Å². The largest absolute Gasteiger partial charge is 0.396 e. The molecule has 92 valence electrons. The van der Waals surface area contributed by atoms with Crippen LogP contribution in [0.1, 0.15) is 6.42 Å². The van der Waals surface area contributed by atoms with Gasteiger partial charge in [0, 0.05) is 22.1 Å². The van der Waals surface area contributed by atoms with E-state index in [1.165, 1.54) is 0 Å². The summed E-state index contributed by atoms with van der Waals surface area (Å²) in [5.41, 5.74) is 1.91. The first-order valence-corrected chi connectivity index (χ1v) is 8.02. The number of imidazole rings is 1. The van der Waals surface area contributed by atoms with Gasteiger partial charge >= 0.3 is 0 Å². The molecule has 2 rings (SSSR count). The molecule has 0 atom stereocenters. The number of rotatable bonds is 3. The fourth-order valence-electron chi connectivity index (χ4n) is 1.58. The first-order valence-electron chi connectivity index (χ1n) is 4.85. The van der Waals surface area contributed by atoms with Crippen molar-refractivity contribution in [3.8, 4) is 0 Å². The fraction of sp³-hybridized carbons (Fsp3) is 0.300. The quantitative estimate of drug-likeness (QED) is 0.508. The Morgan fingerprint density at radius 1 is 1.06 bits per heavy atom. The van der Waals surface area contributed by atoms with Crippen LogP contribution in [0.4, 0.5) is 0 Å². The molecule has 0 aliphatic carbocycles. The van der Waals surface area contributed by atoms with E-state index in [9.17, 15) is 0 Å². The minimum Gasteiger partial charge on any atom is -0.396 e. The van der Waals surface area contributed by atoms with Gasteiger partial charge in [0.15, 0.2) is 0 Å². The van der Waals surface area contributed by atoms with Crippen LogP contribution in [0.2, 0.25) is 0 Å². The second-order valence-electron chi connectivity index (χ2n) is 3.47. The zero-order chi connectivity index (χ0) is 12.6. The third-order valence-electron chi connectivity index (χ3n) is 2.39. The first kappa shape index (κ1) is 14.0. The average Bonchev–Trinajstić information content (AvgIpc) is 2.75. The van der Waals surface area contributed by atoms with Crippen LogP contribution in [0.5, 0.6) is 0 Å². The summed E-state index contributed by atoms with van der Waals surface area (Å²) in [6.07, 6.45) is 2.50. The Morgan fingerprint density at radius 3 is 2.35 bits per heavy atom. The van der Waals surface area contributed by atoms with Gasteiger partial charge < -0.3 is 9.67 Å². The summed E-state index contributed by atoms with van der Waals surface area (Å²) in [5, 5.41) is 8.89. The Balaban J connectivity index is 2.67. The number of benzene rings is 1. The van der Waals surface area contributed by atoms with Crippen molar-refractivity contribution < 1.29 is 5.11 Å². The minimum absolute atomic E-state index is 0.177. The fourth-order valence-corrected chi connectivity index (χ4v) is 3.99. The van der Waals surface area contributed by atoms with Crippen LogP contribution in [0.3, 0.4) is 0 Å². The van der Waals surface area contributed by atoms with E-state index in [0.717, 1.165) is 35.5 Å². The number of aryl methyl sites for hydroxylation is 1. The second kappa shape index (κ2) is 5.69. The molecule has 0 bridgehead atoms. The zero-order valence-electron chi connectivity index (χ0n) is 8.55. The molecule has 0 radical (unpaired) electrons. The van der Waals surface area contributed by atoms with E-state index in [4.69, 9.17) is 5.11 Å². The lowest BCUT2D eigenvalue weighted by molar-refractivity contribution is 0.280. The molecule has 0 aliphatic rings. The molecular weight excluding hydrogens is 484 g/mol. The summed E-state index contributed by atoms with van der Waals surface area (Å²) < 4.78 is 5.78. The highest BCUT2D eigenvalue weighted by atomic mass is 79.9. The molecule has 2 aromatic rings. The smallest absolute Gasteiger partial charge is 0.105 e. The van der Waals surface area contributed by atoms with Crippen molar-refractivity contribution in [1.29, 1.82) is 0 Å². The van der Waals surface area contributed by atoms with Crippen molar-refractivity contribution in [2.75, 3.05) is 6.61 Å². The number of fused-ring (bicyclic) bond motifs is 1.